The van der Waals surface area contributed by atoms with Crippen molar-refractivity contribution >= 4 is 29.7 Å². The van der Waals surface area contributed by atoms with Crippen LogP contribution in [-0.2, 0) is 24.0 Å². The van der Waals surface area contributed by atoms with Gasteiger partial charge in [0.15, 0.2) is 0 Å². The Bertz CT molecular complexity index is 572. The lowest BCUT2D eigenvalue weighted by molar-refractivity contribution is -0.153. The van der Waals surface area contributed by atoms with Gasteiger partial charge in [-0.2, -0.15) is 0 Å². The van der Waals surface area contributed by atoms with Crippen LogP contribution in [0.2, 0.25) is 0 Å². The van der Waals surface area contributed by atoms with E-state index in [-0.39, 0.29) is 19.3 Å². The second-order valence-corrected chi connectivity index (χ2v) is 6.24. The molecule has 3 amide bonds. The van der Waals surface area contributed by atoms with Gasteiger partial charge in [0.2, 0.25) is 17.7 Å². The number of nitrogens with one attached hydrogen (secondary N) is 2. The molecule has 1 fully saturated rings. The summed E-state index contributed by atoms with van der Waals surface area (Å²) in [6.45, 7) is 3.23. The van der Waals surface area contributed by atoms with Gasteiger partial charge in [0.1, 0.15) is 12.1 Å². The van der Waals surface area contributed by atoms with E-state index >= 15 is 0 Å². The van der Waals surface area contributed by atoms with Crippen molar-refractivity contribution in [3.8, 4) is 0 Å². The summed E-state index contributed by atoms with van der Waals surface area (Å²) in [6.07, 6.45) is 0.893. The summed E-state index contributed by atoms with van der Waals surface area (Å²) in [4.78, 5) is 59.7. The standard InChI is InChI=1S/C16H25N3O7/c1-9(16(25)26)18-14(23)10(2)19(12(20)6-3-7-13(21)22)15(24)11-5-4-8-17-11/h9-11,17H,3-8H2,1-2H3,(H,18,23)(H,21,22)(H,25,26)/t9-,10-,11-/m0/s1. The highest BCUT2D eigenvalue weighted by Gasteiger charge is 2.36. The van der Waals surface area contributed by atoms with Crippen LogP contribution in [0.25, 0.3) is 0 Å². The molecule has 0 radical (unpaired) electrons. The number of aliphatic carboxylic acids is 2. The first-order chi connectivity index (χ1) is 12.1. The van der Waals surface area contributed by atoms with E-state index in [1.54, 1.807) is 0 Å². The predicted molar refractivity (Wildman–Crippen MR) is 89.1 cm³/mol. The Kier molecular flexibility index (Phi) is 8.17. The summed E-state index contributed by atoms with van der Waals surface area (Å²) in [5.41, 5.74) is 0. The van der Waals surface area contributed by atoms with E-state index < -0.39 is 47.8 Å². The summed E-state index contributed by atoms with van der Waals surface area (Å²) in [7, 11) is 0. The Balaban J connectivity index is 2.88. The molecule has 4 N–H and O–H groups in total. The maximum atomic E-state index is 12.7. The average molecular weight is 371 g/mol. The van der Waals surface area contributed by atoms with Gasteiger partial charge in [-0.05, 0) is 39.7 Å². The maximum Gasteiger partial charge on any atom is 0.325 e. The second kappa shape index (κ2) is 9.85. The molecule has 0 aliphatic carbocycles. The number of rotatable bonds is 9. The quantitative estimate of drug-likeness (QED) is 0.416. The van der Waals surface area contributed by atoms with Crippen molar-refractivity contribution in [2.75, 3.05) is 6.54 Å². The monoisotopic (exact) mass is 371 g/mol. The first-order valence-electron chi connectivity index (χ1n) is 8.49. The average Bonchev–Trinajstić information content (AvgIpc) is 3.08. The second-order valence-electron chi connectivity index (χ2n) is 6.24. The van der Waals surface area contributed by atoms with E-state index in [9.17, 15) is 24.0 Å². The molecule has 0 bridgehead atoms. The molecule has 0 aromatic carbocycles. The minimum Gasteiger partial charge on any atom is -0.481 e. The number of amides is 3. The normalized spacial score (nSPS) is 18.6. The molecule has 0 unspecified atom stereocenters. The minimum absolute atomic E-state index is 0.0376. The third-order valence-corrected chi connectivity index (χ3v) is 4.14. The summed E-state index contributed by atoms with van der Waals surface area (Å²) in [6, 6.07) is -2.97. The lowest BCUT2D eigenvalue weighted by Gasteiger charge is -2.29. The molecule has 3 atom stereocenters. The zero-order valence-corrected chi connectivity index (χ0v) is 14.9. The molecular weight excluding hydrogens is 346 g/mol. The first kappa shape index (κ1) is 21.6. The Morgan fingerprint density at radius 3 is 2.31 bits per heavy atom. The Morgan fingerprint density at radius 1 is 1.15 bits per heavy atom. The molecule has 1 heterocycles. The SMILES string of the molecule is C[C@H](NC(=O)[C@H](C)N(C(=O)CCCC(=O)O)C(=O)[C@@H]1CCCN1)C(=O)O. The molecule has 1 rings (SSSR count). The van der Waals surface area contributed by atoms with Crippen molar-refractivity contribution in [1.29, 1.82) is 0 Å². The number of hydrogen-bond acceptors (Lipinski definition) is 6. The first-order valence-corrected chi connectivity index (χ1v) is 8.49. The number of imide groups is 1. The van der Waals surface area contributed by atoms with E-state index in [1.165, 1.54) is 13.8 Å². The van der Waals surface area contributed by atoms with Crippen LogP contribution in [0.3, 0.4) is 0 Å². The molecule has 1 aliphatic heterocycles. The summed E-state index contributed by atoms with van der Waals surface area (Å²) >= 11 is 0. The fraction of sp³-hybridized carbons (Fsp3) is 0.688. The van der Waals surface area contributed by atoms with Gasteiger partial charge in [-0.1, -0.05) is 0 Å². The van der Waals surface area contributed by atoms with Crippen molar-refractivity contribution < 1.29 is 34.2 Å². The van der Waals surface area contributed by atoms with Crippen LogP contribution in [0.4, 0.5) is 0 Å². The molecule has 10 heteroatoms. The number of hydrogen-bond donors (Lipinski definition) is 4. The summed E-state index contributed by atoms with van der Waals surface area (Å²) in [5, 5.41) is 22.7. The number of nitrogens with zero attached hydrogens (tertiary/aromatic N) is 1. The molecule has 26 heavy (non-hydrogen) atoms. The molecular formula is C16H25N3O7. The Labute approximate surface area is 150 Å². The molecule has 1 aliphatic rings. The highest BCUT2D eigenvalue weighted by molar-refractivity contribution is 6.02. The molecule has 0 saturated carbocycles. The lowest BCUT2D eigenvalue weighted by atomic mass is 10.1. The van der Waals surface area contributed by atoms with Crippen LogP contribution in [0.5, 0.6) is 0 Å². The van der Waals surface area contributed by atoms with Gasteiger partial charge in [-0.25, -0.2) is 0 Å². The van der Waals surface area contributed by atoms with Crippen molar-refractivity contribution in [2.45, 2.75) is 64.1 Å². The van der Waals surface area contributed by atoms with Crippen LogP contribution in [0.15, 0.2) is 0 Å². The van der Waals surface area contributed by atoms with Crippen molar-refractivity contribution in [2.24, 2.45) is 0 Å². The minimum atomic E-state index is -1.24. The van der Waals surface area contributed by atoms with Crippen molar-refractivity contribution in [1.82, 2.24) is 15.5 Å². The van der Waals surface area contributed by atoms with Gasteiger partial charge >= 0.3 is 11.9 Å². The topological polar surface area (TPSA) is 153 Å². The molecule has 146 valence electrons. The van der Waals surface area contributed by atoms with Gasteiger partial charge in [0.25, 0.3) is 0 Å². The number of carbonyl (C=O) groups is 5. The molecule has 0 aromatic rings. The van der Waals surface area contributed by atoms with Crippen LogP contribution in [0, 0.1) is 0 Å². The summed E-state index contributed by atoms with van der Waals surface area (Å²) in [5.74, 6) is -4.29. The van der Waals surface area contributed by atoms with E-state index in [0.29, 0.717) is 13.0 Å². The van der Waals surface area contributed by atoms with E-state index in [1.807, 2.05) is 0 Å². The lowest BCUT2D eigenvalue weighted by Crippen LogP contribution is -2.56. The summed E-state index contributed by atoms with van der Waals surface area (Å²) < 4.78 is 0. The zero-order chi connectivity index (χ0) is 19.9. The van der Waals surface area contributed by atoms with Gasteiger partial charge in [-0.15, -0.1) is 0 Å². The van der Waals surface area contributed by atoms with E-state index in [0.717, 1.165) is 11.3 Å². The predicted octanol–water partition coefficient (Wildman–Crippen LogP) is -0.674. The number of carbonyl (C=O) groups excluding carboxylic acids is 3. The van der Waals surface area contributed by atoms with Crippen LogP contribution >= 0.6 is 0 Å². The number of carboxylic acid groups (broad SMARTS) is 2. The third-order valence-electron chi connectivity index (χ3n) is 4.14. The fourth-order valence-electron chi connectivity index (χ4n) is 2.62. The van der Waals surface area contributed by atoms with Crippen molar-refractivity contribution in [3.63, 3.8) is 0 Å². The third kappa shape index (κ3) is 6.10. The van der Waals surface area contributed by atoms with Crippen LogP contribution in [-0.4, -0.2) is 69.4 Å². The zero-order valence-electron chi connectivity index (χ0n) is 14.9. The van der Waals surface area contributed by atoms with E-state index in [4.69, 9.17) is 10.2 Å². The molecule has 0 aromatic heterocycles. The van der Waals surface area contributed by atoms with Gasteiger partial charge in [0.05, 0.1) is 6.04 Å². The van der Waals surface area contributed by atoms with Crippen molar-refractivity contribution in [3.05, 3.63) is 0 Å². The molecule has 10 nitrogen and oxygen atoms in total. The molecule has 0 spiro atoms. The fourth-order valence-corrected chi connectivity index (χ4v) is 2.62. The smallest absolute Gasteiger partial charge is 0.325 e. The Morgan fingerprint density at radius 2 is 1.81 bits per heavy atom. The van der Waals surface area contributed by atoms with E-state index in [2.05, 4.69) is 10.6 Å². The van der Waals surface area contributed by atoms with Gasteiger partial charge < -0.3 is 20.8 Å². The van der Waals surface area contributed by atoms with Crippen LogP contribution < -0.4 is 10.6 Å². The highest BCUT2D eigenvalue weighted by atomic mass is 16.4. The highest BCUT2D eigenvalue weighted by Crippen LogP contribution is 2.14. The largest absolute Gasteiger partial charge is 0.481 e. The Hall–Kier alpha value is -2.49. The number of carboxylic acids is 2. The van der Waals surface area contributed by atoms with Gasteiger partial charge in [-0.3, -0.25) is 28.9 Å². The molecule has 1 saturated heterocycles. The van der Waals surface area contributed by atoms with Crippen LogP contribution in [0.1, 0.15) is 46.0 Å². The van der Waals surface area contributed by atoms with Gasteiger partial charge in [0, 0.05) is 12.8 Å². The maximum absolute atomic E-state index is 12.7.